The number of aryl methyl sites for hydroxylation is 1. The lowest BCUT2D eigenvalue weighted by atomic mass is 9.94. The molecule has 2 aromatic heterocycles. The molecule has 0 saturated carbocycles. The van der Waals surface area contributed by atoms with Crippen LogP contribution in [0.4, 0.5) is 0 Å². The van der Waals surface area contributed by atoms with Gasteiger partial charge in [0.05, 0.1) is 11.7 Å². The standard InChI is InChI=1S/C23H35N5O4S2/c1-5-6-25-7-9-26(10-8-25)19(29)14-27-15-24-22-20(23(27)30)21(18(4)33-22)34(31,32)28-12-16(2)11-17(3)13-28/h15-17H,5-14H2,1-4H3. The molecule has 188 valence electrons. The number of piperidine rings is 1. The fraction of sp³-hybridized carbons (Fsp3) is 0.696. The highest BCUT2D eigenvalue weighted by Gasteiger charge is 2.36. The molecule has 0 N–H and O–H groups in total. The Morgan fingerprint density at radius 2 is 1.79 bits per heavy atom. The van der Waals surface area contributed by atoms with Gasteiger partial charge in [-0.1, -0.05) is 20.8 Å². The van der Waals surface area contributed by atoms with Crippen molar-refractivity contribution in [1.82, 2.24) is 23.7 Å². The predicted molar refractivity (Wildman–Crippen MR) is 134 cm³/mol. The maximum Gasteiger partial charge on any atom is 0.263 e. The van der Waals surface area contributed by atoms with Gasteiger partial charge in [0, 0.05) is 44.1 Å². The zero-order valence-corrected chi connectivity index (χ0v) is 22.1. The first-order chi connectivity index (χ1) is 16.1. The van der Waals surface area contributed by atoms with Crippen LogP contribution in [0.2, 0.25) is 0 Å². The molecule has 2 saturated heterocycles. The Bertz CT molecular complexity index is 1200. The van der Waals surface area contributed by atoms with E-state index in [1.807, 2.05) is 0 Å². The Morgan fingerprint density at radius 1 is 1.15 bits per heavy atom. The van der Waals surface area contributed by atoms with Crippen LogP contribution in [0.5, 0.6) is 0 Å². The molecule has 2 fully saturated rings. The van der Waals surface area contributed by atoms with Crippen LogP contribution >= 0.6 is 11.3 Å². The topological polar surface area (TPSA) is 95.8 Å². The van der Waals surface area contributed by atoms with E-state index >= 15 is 0 Å². The van der Waals surface area contributed by atoms with E-state index in [0.29, 0.717) is 35.9 Å². The van der Waals surface area contributed by atoms with Gasteiger partial charge in [0.25, 0.3) is 5.56 Å². The van der Waals surface area contributed by atoms with Gasteiger partial charge in [-0.25, -0.2) is 13.4 Å². The van der Waals surface area contributed by atoms with Gasteiger partial charge in [0.1, 0.15) is 16.3 Å². The summed E-state index contributed by atoms with van der Waals surface area (Å²) >= 11 is 1.21. The van der Waals surface area contributed by atoms with Crippen LogP contribution in [-0.4, -0.2) is 83.8 Å². The van der Waals surface area contributed by atoms with E-state index in [4.69, 9.17) is 0 Å². The van der Waals surface area contributed by atoms with E-state index in [1.54, 1.807) is 11.8 Å². The number of hydrogen-bond acceptors (Lipinski definition) is 7. The van der Waals surface area contributed by atoms with Crippen molar-refractivity contribution >= 4 is 37.5 Å². The number of hydrogen-bond donors (Lipinski definition) is 0. The third-order valence-corrected chi connectivity index (χ3v) is 9.95. The molecule has 4 rings (SSSR count). The first-order valence-electron chi connectivity index (χ1n) is 12.1. The molecule has 2 aliphatic heterocycles. The first kappa shape index (κ1) is 25.3. The molecule has 2 aromatic rings. The van der Waals surface area contributed by atoms with Gasteiger partial charge in [-0.05, 0) is 38.1 Å². The molecule has 11 heteroatoms. The van der Waals surface area contributed by atoms with Gasteiger partial charge in [-0.15, -0.1) is 11.3 Å². The lowest BCUT2D eigenvalue weighted by Crippen LogP contribution is -2.50. The van der Waals surface area contributed by atoms with E-state index in [-0.39, 0.29) is 34.6 Å². The van der Waals surface area contributed by atoms with Crippen molar-refractivity contribution in [1.29, 1.82) is 0 Å². The van der Waals surface area contributed by atoms with Crippen LogP contribution in [-0.2, 0) is 21.4 Å². The Balaban J connectivity index is 1.62. The summed E-state index contributed by atoms with van der Waals surface area (Å²) in [5, 5.41) is 0.108. The number of thiophene rings is 1. The Labute approximate surface area is 205 Å². The number of carbonyl (C=O) groups is 1. The second-order valence-corrected chi connectivity index (χ2v) is 12.9. The molecular weight excluding hydrogens is 474 g/mol. The molecule has 2 atom stereocenters. The van der Waals surface area contributed by atoms with Gasteiger partial charge in [0.15, 0.2) is 0 Å². The average Bonchev–Trinajstić information content (AvgIpc) is 3.13. The van der Waals surface area contributed by atoms with Crippen LogP contribution < -0.4 is 5.56 Å². The zero-order chi connectivity index (χ0) is 24.6. The molecular formula is C23H35N5O4S2. The van der Waals surface area contributed by atoms with E-state index < -0.39 is 15.6 Å². The van der Waals surface area contributed by atoms with Crippen molar-refractivity contribution in [3.63, 3.8) is 0 Å². The number of rotatable bonds is 6. The van der Waals surface area contributed by atoms with Gasteiger partial charge in [-0.2, -0.15) is 4.31 Å². The smallest absolute Gasteiger partial charge is 0.263 e. The summed E-state index contributed by atoms with van der Waals surface area (Å²) in [7, 11) is -3.85. The molecule has 0 aliphatic carbocycles. The highest BCUT2D eigenvalue weighted by molar-refractivity contribution is 7.89. The normalized spacial score (nSPS) is 23.0. The number of carbonyl (C=O) groups excluding carboxylic acids is 1. The molecule has 2 unspecified atom stereocenters. The Morgan fingerprint density at radius 3 is 2.41 bits per heavy atom. The maximum atomic E-state index is 13.7. The van der Waals surface area contributed by atoms with Crippen molar-refractivity contribution in [3.05, 3.63) is 21.6 Å². The predicted octanol–water partition coefficient (Wildman–Crippen LogP) is 1.99. The van der Waals surface area contributed by atoms with Crippen LogP contribution in [0.25, 0.3) is 10.2 Å². The highest BCUT2D eigenvalue weighted by atomic mass is 32.2. The Kier molecular flexibility index (Phi) is 7.47. The molecule has 1 amide bonds. The molecule has 4 heterocycles. The van der Waals surface area contributed by atoms with E-state index in [0.717, 1.165) is 32.5 Å². The number of aromatic nitrogens is 2. The van der Waals surface area contributed by atoms with Crippen molar-refractivity contribution in [3.8, 4) is 0 Å². The lowest BCUT2D eigenvalue weighted by molar-refractivity contribution is -0.133. The molecule has 0 spiro atoms. The average molecular weight is 510 g/mol. The summed E-state index contributed by atoms with van der Waals surface area (Å²) in [6.07, 6.45) is 3.43. The summed E-state index contributed by atoms with van der Waals surface area (Å²) in [6, 6.07) is 0. The minimum Gasteiger partial charge on any atom is -0.339 e. The SMILES string of the molecule is CCCN1CCN(C(=O)Cn2cnc3sc(C)c(S(=O)(=O)N4CC(C)CC(C)C4)c3c2=O)CC1. The van der Waals surface area contributed by atoms with E-state index in [9.17, 15) is 18.0 Å². The number of sulfonamides is 1. The summed E-state index contributed by atoms with van der Waals surface area (Å²) in [4.78, 5) is 35.9. The summed E-state index contributed by atoms with van der Waals surface area (Å²) < 4.78 is 30.1. The fourth-order valence-electron chi connectivity index (χ4n) is 5.25. The third-order valence-electron chi connectivity index (χ3n) is 6.80. The largest absolute Gasteiger partial charge is 0.339 e. The number of fused-ring (bicyclic) bond motifs is 1. The number of amides is 1. The minimum absolute atomic E-state index is 0.0567. The second-order valence-electron chi connectivity index (χ2n) is 9.84. The molecule has 0 aromatic carbocycles. The molecule has 9 nitrogen and oxygen atoms in total. The first-order valence-corrected chi connectivity index (χ1v) is 14.4. The molecule has 0 bridgehead atoms. The van der Waals surface area contributed by atoms with E-state index in [1.165, 1.54) is 26.5 Å². The van der Waals surface area contributed by atoms with Gasteiger partial charge in [0.2, 0.25) is 15.9 Å². The number of nitrogens with zero attached hydrogens (tertiary/aromatic N) is 5. The quantitative estimate of drug-likeness (QED) is 0.591. The Hall–Kier alpha value is -1.82. The monoisotopic (exact) mass is 509 g/mol. The van der Waals surface area contributed by atoms with Gasteiger partial charge >= 0.3 is 0 Å². The lowest BCUT2D eigenvalue weighted by Gasteiger charge is -2.34. The summed E-state index contributed by atoms with van der Waals surface area (Å²) in [5.41, 5.74) is -0.469. The number of piperazine rings is 1. The van der Waals surface area contributed by atoms with Gasteiger partial charge in [-0.3, -0.25) is 19.1 Å². The minimum atomic E-state index is -3.85. The molecule has 34 heavy (non-hydrogen) atoms. The van der Waals surface area contributed by atoms with Gasteiger partial charge < -0.3 is 4.90 Å². The van der Waals surface area contributed by atoms with Crippen molar-refractivity contribution < 1.29 is 13.2 Å². The van der Waals surface area contributed by atoms with Crippen LogP contribution in [0, 0.1) is 18.8 Å². The fourth-order valence-corrected chi connectivity index (χ4v) is 8.60. The van der Waals surface area contributed by atoms with Crippen molar-refractivity contribution in [2.45, 2.75) is 52.0 Å². The molecule has 0 radical (unpaired) electrons. The summed E-state index contributed by atoms with van der Waals surface area (Å²) in [6.45, 7) is 12.7. The van der Waals surface area contributed by atoms with Crippen LogP contribution in [0.3, 0.4) is 0 Å². The van der Waals surface area contributed by atoms with Crippen molar-refractivity contribution in [2.75, 3.05) is 45.8 Å². The van der Waals surface area contributed by atoms with Crippen molar-refractivity contribution in [2.24, 2.45) is 11.8 Å². The zero-order valence-electron chi connectivity index (χ0n) is 20.5. The van der Waals surface area contributed by atoms with Crippen LogP contribution in [0.15, 0.2) is 16.0 Å². The third kappa shape index (κ3) is 4.93. The van der Waals surface area contributed by atoms with Crippen LogP contribution in [0.1, 0.15) is 38.5 Å². The summed E-state index contributed by atoms with van der Waals surface area (Å²) in [5.74, 6) is 0.372. The molecule has 2 aliphatic rings. The second kappa shape index (κ2) is 10.0. The van der Waals surface area contributed by atoms with E-state index in [2.05, 4.69) is 30.7 Å². The maximum absolute atomic E-state index is 13.7. The highest BCUT2D eigenvalue weighted by Crippen LogP contribution is 2.35.